The minimum Gasteiger partial charge on any atom is -0.493 e. The number of carbonyl (C=O) groups is 1. The van der Waals surface area contributed by atoms with E-state index in [-0.39, 0.29) is 17.8 Å². The molecule has 1 amide bonds. The van der Waals surface area contributed by atoms with E-state index in [1.807, 2.05) is 35.2 Å². The fourth-order valence-electron chi connectivity index (χ4n) is 4.20. The molecule has 0 aliphatic carbocycles. The third kappa shape index (κ3) is 4.54. The van der Waals surface area contributed by atoms with Crippen LogP contribution in [0.1, 0.15) is 23.2 Å². The predicted molar refractivity (Wildman–Crippen MR) is 124 cm³/mol. The number of hydrogen-bond donors (Lipinski definition) is 1. The van der Waals surface area contributed by atoms with Crippen molar-refractivity contribution in [2.45, 2.75) is 18.9 Å². The van der Waals surface area contributed by atoms with Crippen molar-refractivity contribution in [3.8, 4) is 22.6 Å². The van der Waals surface area contributed by atoms with Gasteiger partial charge in [-0.15, -0.1) is 0 Å². The first kappa shape index (κ1) is 21.7. The van der Waals surface area contributed by atoms with Gasteiger partial charge in [0.05, 0.1) is 14.2 Å². The van der Waals surface area contributed by atoms with Crippen LogP contribution in [0, 0.1) is 5.82 Å². The van der Waals surface area contributed by atoms with Crippen molar-refractivity contribution in [3.63, 3.8) is 0 Å². The number of halogens is 1. The van der Waals surface area contributed by atoms with Crippen molar-refractivity contribution >= 4 is 11.6 Å². The second kappa shape index (κ2) is 9.73. The lowest BCUT2D eigenvalue weighted by Gasteiger charge is -2.34. The fraction of sp³-hybridized carbons (Fsp3) is 0.269. The molecule has 1 aliphatic heterocycles. The van der Waals surface area contributed by atoms with E-state index >= 15 is 0 Å². The number of ether oxygens (including phenoxy) is 2. The first-order valence-corrected chi connectivity index (χ1v) is 10.7. The molecule has 4 rings (SSSR count). The molecule has 3 aromatic rings. The average molecular weight is 435 g/mol. The van der Waals surface area contributed by atoms with Crippen LogP contribution in [0.3, 0.4) is 0 Å². The van der Waals surface area contributed by atoms with Crippen LogP contribution in [0.15, 0.2) is 66.7 Å². The highest BCUT2D eigenvalue weighted by molar-refractivity contribution is 6.01. The van der Waals surface area contributed by atoms with Crippen LogP contribution in [0.2, 0.25) is 0 Å². The first-order chi connectivity index (χ1) is 15.6. The van der Waals surface area contributed by atoms with Crippen LogP contribution >= 0.6 is 0 Å². The maximum absolute atomic E-state index is 14.4. The van der Waals surface area contributed by atoms with Gasteiger partial charge in [0.2, 0.25) is 0 Å². The molecule has 5 nitrogen and oxygen atoms in total. The minimum atomic E-state index is -0.334. The smallest absolute Gasteiger partial charge is 0.254 e. The highest BCUT2D eigenvalue weighted by Crippen LogP contribution is 2.31. The van der Waals surface area contributed by atoms with E-state index in [4.69, 9.17) is 9.47 Å². The molecule has 1 aliphatic rings. The Hall–Kier alpha value is -3.54. The Morgan fingerprint density at radius 3 is 2.44 bits per heavy atom. The molecule has 1 unspecified atom stereocenters. The van der Waals surface area contributed by atoms with Gasteiger partial charge in [-0.2, -0.15) is 0 Å². The van der Waals surface area contributed by atoms with E-state index < -0.39 is 0 Å². The molecule has 0 bridgehead atoms. The molecule has 1 atom stereocenters. The van der Waals surface area contributed by atoms with Crippen molar-refractivity contribution < 1.29 is 18.7 Å². The Morgan fingerprint density at radius 1 is 0.969 bits per heavy atom. The van der Waals surface area contributed by atoms with Gasteiger partial charge < -0.3 is 19.7 Å². The summed E-state index contributed by atoms with van der Waals surface area (Å²) >= 11 is 0. The van der Waals surface area contributed by atoms with Crippen LogP contribution in [0.5, 0.6) is 11.5 Å². The molecule has 0 spiro atoms. The average Bonchev–Trinajstić information content (AvgIpc) is 2.84. The van der Waals surface area contributed by atoms with Crippen molar-refractivity contribution in [2.75, 3.05) is 32.6 Å². The number of carbonyl (C=O) groups excluding carboxylic acids is 1. The largest absolute Gasteiger partial charge is 0.493 e. The summed E-state index contributed by atoms with van der Waals surface area (Å²) in [5, 5.41) is 3.51. The summed E-state index contributed by atoms with van der Waals surface area (Å²) in [4.78, 5) is 15.3. The molecule has 6 heteroatoms. The monoisotopic (exact) mass is 434 g/mol. The van der Waals surface area contributed by atoms with E-state index in [1.165, 1.54) is 6.07 Å². The van der Waals surface area contributed by atoms with Crippen LogP contribution in [0.25, 0.3) is 11.1 Å². The lowest BCUT2D eigenvalue weighted by Crippen LogP contribution is -2.45. The van der Waals surface area contributed by atoms with Crippen molar-refractivity contribution in [1.29, 1.82) is 0 Å². The summed E-state index contributed by atoms with van der Waals surface area (Å²) in [6.45, 7) is 1.24. The zero-order valence-corrected chi connectivity index (χ0v) is 18.3. The van der Waals surface area contributed by atoms with E-state index in [2.05, 4.69) is 5.32 Å². The van der Waals surface area contributed by atoms with Gasteiger partial charge in [-0.1, -0.05) is 36.4 Å². The van der Waals surface area contributed by atoms with E-state index in [9.17, 15) is 9.18 Å². The fourth-order valence-corrected chi connectivity index (χ4v) is 4.20. The Labute approximate surface area is 187 Å². The number of nitrogens with one attached hydrogen (secondary N) is 1. The standard InChI is InChI=1S/C26H27FN2O3/c1-31-24-14-13-18(16-25(24)32-2)28-19-8-7-15-29(17-19)26(30)22-11-4-3-9-20(22)21-10-5-6-12-23(21)27/h3-6,9-14,16,19,28H,7-8,15,17H2,1-2H3. The Bertz CT molecular complexity index is 1100. The van der Waals surface area contributed by atoms with Gasteiger partial charge in [-0.05, 0) is 42.7 Å². The normalized spacial score (nSPS) is 15.8. The Morgan fingerprint density at radius 2 is 1.69 bits per heavy atom. The molecule has 0 radical (unpaired) electrons. The van der Waals surface area contributed by atoms with Crippen LogP contribution in [-0.4, -0.2) is 44.2 Å². The third-order valence-electron chi connectivity index (χ3n) is 5.78. The van der Waals surface area contributed by atoms with Crippen LogP contribution in [-0.2, 0) is 0 Å². The highest BCUT2D eigenvalue weighted by Gasteiger charge is 2.26. The molecule has 166 valence electrons. The number of nitrogens with zero attached hydrogens (tertiary/aromatic N) is 1. The van der Waals surface area contributed by atoms with Crippen LogP contribution in [0.4, 0.5) is 10.1 Å². The lowest BCUT2D eigenvalue weighted by molar-refractivity contribution is 0.0715. The molecule has 1 fully saturated rings. The highest BCUT2D eigenvalue weighted by atomic mass is 19.1. The topological polar surface area (TPSA) is 50.8 Å². The number of methoxy groups -OCH3 is 2. The number of benzene rings is 3. The molecule has 0 saturated carbocycles. The summed E-state index contributed by atoms with van der Waals surface area (Å²) in [6.07, 6.45) is 1.84. The van der Waals surface area contributed by atoms with Gasteiger partial charge in [-0.25, -0.2) is 4.39 Å². The number of piperidine rings is 1. The second-order valence-electron chi connectivity index (χ2n) is 7.83. The summed E-state index contributed by atoms with van der Waals surface area (Å²) < 4.78 is 25.1. The maximum Gasteiger partial charge on any atom is 0.254 e. The summed E-state index contributed by atoms with van der Waals surface area (Å²) in [7, 11) is 3.21. The number of amides is 1. The van der Waals surface area contributed by atoms with E-state index in [0.717, 1.165) is 18.5 Å². The summed E-state index contributed by atoms with van der Waals surface area (Å²) in [6, 6.07) is 19.6. The summed E-state index contributed by atoms with van der Waals surface area (Å²) in [5.41, 5.74) is 2.48. The van der Waals surface area contributed by atoms with Crippen molar-refractivity contribution in [3.05, 3.63) is 78.1 Å². The lowest BCUT2D eigenvalue weighted by atomic mass is 9.97. The zero-order chi connectivity index (χ0) is 22.5. The van der Waals surface area contributed by atoms with Crippen molar-refractivity contribution in [1.82, 2.24) is 4.90 Å². The molecule has 1 heterocycles. The van der Waals surface area contributed by atoms with Crippen molar-refractivity contribution in [2.24, 2.45) is 0 Å². The molecular formula is C26H27FN2O3. The van der Waals surface area contributed by atoms with Gasteiger partial charge >= 0.3 is 0 Å². The van der Waals surface area contributed by atoms with Gasteiger partial charge in [0, 0.05) is 42.0 Å². The summed E-state index contributed by atoms with van der Waals surface area (Å²) in [5.74, 6) is 0.908. The molecule has 3 aromatic carbocycles. The molecular weight excluding hydrogens is 407 g/mol. The number of likely N-dealkylation sites (tertiary alicyclic amines) is 1. The minimum absolute atomic E-state index is 0.0809. The zero-order valence-electron chi connectivity index (χ0n) is 18.3. The predicted octanol–water partition coefficient (Wildman–Crippen LogP) is 5.23. The van der Waals surface area contributed by atoms with Gasteiger partial charge in [-0.3, -0.25) is 4.79 Å². The second-order valence-corrected chi connectivity index (χ2v) is 7.83. The van der Waals surface area contributed by atoms with Crippen LogP contribution < -0.4 is 14.8 Å². The van der Waals surface area contributed by atoms with E-state index in [0.29, 0.717) is 41.3 Å². The Kier molecular flexibility index (Phi) is 6.59. The van der Waals surface area contributed by atoms with Gasteiger partial charge in [0.1, 0.15) is 5.82 Å². The maximum atomic E-state index is 14.4. The van der Waals surface area contributed by atoms with Gasteiger partial charge in [0.25, 0.3) is 5.91 Å². The molecule has 1 N–H and O–H groups in total. The SMILES string of the molecule is COc1ccc(NC2CCCN(C(=O)c3ccccc3-c3ccccc3F)C2)cc1OC. The first-order valence-electron chi connectivity index (χ1n) is 10.7. The number of anilines is 1. The molecule has 32 heavy (non-hydrogen) atoms. The number of rotatable bonds is 6. The number of hydrogen-bond acceptors (Lipinski definition) is 4. The Balaban J connectivity index is 1.52. The molecule has 1 saturated heterocycles. The van der Waals surface area contributed by atoms with Gasteiger partial charge in [0.15, 0.2) is 11.5 Å². The molecule has 0 aromatic heterocycles. The van der Waals surface area contributed by atoms with E-state index in [1.54, 1.807) is 44.6 Å². The third-order valence-corrected chi connectivity index (χ3v) is 5.78. The quantitative estimate of drug-likeness (QED) is 0.577.